The summed E-state index contributed by atoms with van der Waals surface area (Å²) in [5.41, 5.74) is 3.19. The fourth-order valence-electron chi connectivity index (χ4n) is 2.48. The Morgan fingerprint density at radius 2 is 2.06 bits per heavy atom. The Labute approximate surface area is 111 Å². The second-order valence-corrected chi connectivity index (χ2v) is 5.94. The van der Waals surface area contributed by atoms with Gasteiger partial charge in [-0.3, -0.25) is 4.98 Å². The second kappa shape index (κ2) is 5.70. The first-order valence-electron chi connectivity index (χ1n) is 7.01. The molecule has 2 rings (SSSR count). The van der Waals surface area contributed by atoms with Crippen LogP contribution >= 0.6 is 0 Å². The highest BCUT2D eigenvalue weighted by Gasteiger charge is 2.26. The second-order valence-electron chi connectivity index (χ2n) is 5.94. The third-order valence-electron chi connectivity index (χ3n) is 3.90. The lowest BCUT2D eigenvalue weighted by molar-refractivity contribution is 0.279. The predicted molar refractivity (Wildman–Crippen MR) is 76.8 cm³/mol. The lowest BCUT2D eigenvalue weighted by Gasteiger charge is -2.39. The molecule has 1 N–H and O–H groups in total. The van der Waals surface area contributed by atoms with Crippen LogP contribution in [0.1, 0.15) is 39.2 Å². The van der Waals surface area contributed by atoms with Crippen molar-refractivity contribution >= 4 is 5.69 Å². The quantitative estimate of drug-likeness (QED) is 0.887. The summed E-state index contributed by atoms with van der Waals surface area (Å²) in [5, 5.41) is 3.39. The Bertz CT molecular complexity index is 377. The maximum atomic E-state index is 4.26. The molecule has 100 valence electrons. The Morgan fingerprint density at radius 1 is 1.33 bits per heavy atom. The molecule has 1 aliphatic heterocycles. The summed E-state index contributed by atoms with van der Waals surface area (Å²) in [6, 6.07) is 2.16. The van der Waals surface area contributed by atoms with Gasteiger partial charge in [-0.1, -0.05) is 20.8 Å². The molecule has 0 atom stereocenters. The minimum atomic E-state index is 0.505. The van der Waals surface area contributed by atoms with Crippen molar-refractivity contribution in [3.8, 4) is 0 Å². The van der Waals surface area contributed by atoms with Crippen molar-refractivity contribution in [2.24, 2.45) is 5.41 Å². The first-order valence-corrected chi connectivity index (χ1v) is 7.01. The molecular formula is C15H25N3. The fourth-order valence-corrected chi connectivity index (χ4v) is 2.48. The largest absolute Gasteiger partial charge is 0.371 e. The zero-order valence-electron chi connectivity index (χ0n) is 11.9. The topological polar surface area (TPSA) is 28.2 Å². The number of nitrogens with zero attached hydrogens (tertiary/aromatic N) is 2. The normalized spacial score (nSPS) is 18.9. The van der Waals surface area contributed by atoms with Crippen molar-refractivity contribution in [3.05, 3.63) is 24.0 Å². The smallest absolute Gasteiger partial charge is 0.0442 e. The third kappa shape index (κ3) is 3.22. The number of nitrogens with one attached hydrogen (secondary N) is 1. The Morgan fingerprint density at radius 3 is 2.72 bits per heavy atom. The van der Waals surface area contributed by atoms with E-state index in [1.165, 1.54) is 24.1 Å². The van der Waals surface area contributed by atoms with E-state index < -0.39 is 0 Å². The van der Waals surface area contributed by atoms with Crippen LogP contribution in [0.15, 0.2) is 18.5 Å². The molecule has 1 aromatic rings. The van der Waals surface area contributed by atoms with E-state index in [4.69, 9.17) is 0 Å². The van der Waals surface area contributed by atoms with Crippen molar-refractivity contribution in [2.45, 2.75) is 40.2 Å². The Kier molecular flexibility index (Phi) is 4.23. The molecule has 1 saturated heterocycles. The molecule has 0 amide bonds. The summed E-state index contributed by atoms with van der Waals surface area (Å²) < 4.78 is 0. The van der Waals surface area contributed by atoms with Gasteiger partial charge in [0.05, 0.1) is 0 Å². The van der Waals surface area contributed by atoms with Crippen molar-refractivity contribution in [2.75, 3.05) is 24.5 Å². The van der Waals surface area contributed by atoms with Gasteiger partial charge >= 0.3 is 0 Å². The van der Waals surface area contributed by atoms with E-state index in [2.05, 4.69) is 42.0 Å². The number of hydrogen-bond donors (Lipinski definition) is 1. The molecule has 18 heavy (non-hydrogen) atoms. The molecule has 0 unspecified atom stereocenters. The SMILES string of the molecule is CCNCc1cnccc1N1CCC(C)(C)CC1. The van der Waals surface area contributed by atoms with E-state index in [9.17, 15) is 0 Å². The molecule has 0 spiro atoms. The van der Waals surface area contributed by atoms with Gasteiger partial charge in [-0.15, -0.1) is 0 Å². The van der Waals surface area contributed by atoms with Gasteiger partial charge in [-0.25, -0.2) is 0 Å². The van der Waals surface area contributed by atoms with Gasteiger partial charge in [-0.2, -0.15) is 0 Å². The number of hydrogen-bond acceptors (Lipinski definition) is 3. The minimum Gasteiger partial charge on any atom is -0.371 e. The molecule has 1 aromatic heterocycles. The van der Waals surface area contributed by atoms with E-state index in [1.807, 2.05) is 12.4 Å². The van der Waals surface area contributed by atoms with E-state index in [0.29, 0.717) is 5.41 Å². The average molecular weight is 247 g/mol. The van der Waals surface area contributed by atoms with Crippen LogP contribution in [-0.2, 0) is 6.54 Å². The van der Waals surface area contributed by atoms with E-state index >= 15 is 0 Å². The van der Waals surface area contributed by atoms with E-state index in [0.717, 1.165) is 26.2 Å². The van der Waals surface area contributed by atoms with Crippen molar-refractivity contribution in [3.63, 3.8) is 0 Å². The van der Waals surface area contributed by atoms with Crippen LogP contribution < -0.4 is 10.2 Å². The predicted octanol–water partition coefficient (Wildman–Crippen LogP) is 2.82. The summed E-state index contributed by atoms with van der Waals surface area (Å²) in [4.78, 5) is 6.77. The first-order chi connectivity index (χ1) is 8.62. The van der Waals surface area contributed by atoms with Crippen molar-refractivity contribution in [1.82, 2.24) is 10.3 Å². The molecule has 1 fully saturated rings. The van der Waals surface area contributed by atoms with Gasteiger partial charge in [0.25, 0.3) is 0 Å². The van der Waals surface area contributed by atoms with Crippen LogP contribution in [-0.4, -0.2) is 24.6 Å². The third-order valence-corrected chi connectivity index (χ3v) is 3.90. The number of aromatic nitrogens is 1. The molecular weight excluding hydrogens is 222 g/mol. The highest BCUT2D eigenvalue weighted by molar-refractivity contribution is 5.52. The summed E-state index contributed by atoms with van der Waals surface area (Å²) in [6.45, 7) is 11.1. The molecule has 0 saturated carbocycles. The zero-order chi connectivity index (χ0) is 13.0. The van der Waals surface area contributed by atoms with Gasteiger partial charge in [0, 0.05) is 43.3 Å². The van der Waals surface area contributed by atoms with Gasteiger partial charge in [-0.05, 0) is 30.9 Å². The zero-order valence-corrected chi connectivity index (χ0v) is 11.9. The van der Waals surface area contributed by atoms with Crippen molar-refractivity contribution < 1.29 is 0 Å². The molecule has 0 radical (unpaired) electrons. The molecule has 3 heteroatoms. The highest BCUT2D eigenvalue weighted by atomic mass is 15.1. The number of anilines is 1. The van der Waals surface area contributed by atoms with Crippen molar-refractivity contribution in [1.29, 1.82) is 0 Å². The average Bonchev–Trinajstić information content (AvgIpc) is 2.37. The van der Waals surface area contributed by atoms with Gasteiger partial charge in [0.2, 0.25) is 0 Å². The molecule has 0 aromatic carbocycles. The minimum absolute atomic E-state index is 0.505. The van der Waals surface area contributed by atoms with Crippen LogP contribution in [0, 0.1) is 5.41 Å². The molecule has 2 heterocycles. The lowest BCUT2D eigenvalue weighted by Crippen LogP contribution is -2.38. The maximum absolute atomic E-state index is 4.26. The number of piperidine rings is 1. The van der Waals surface area contributed by atoms with Gasteiger partial charge in [0.15, 0.2) is 0 Å². The summed E-state index contributed by atoms with van der Waals surface area (Å²) in [6.07, 6.45) is 6.45. The number of pyridine rings is 1. The molecule has 1 aliphatic rings. The van der Waals surface area contributed by atoms with E-state index in [-0.39, 0.29) is 0 Å². The lowest BCUT2D eigenvalue weighted by atomic mass is 9.82. The Hall–Kier alpha value is -1.09. The van der Waals surface area contributed by atoms with Crippen LogP contribution in [0.4, 0.5) is 5.69 Å². The molecule has 0 aliphatic carbocycles. The van der Waals surface area contributed by atoms with Gasteiger partial charge < -0.3 is 10.2 Å². The number of rotatable bonds is 4. The van der Waals surface area contributed by atoms with Crippen LogP contribution in [0.25, 0.3) is 0 Å². The van der Waals surface area contributed by atoms with Crippen LogP contribution in [0.5, 0.6) is 0 Å². The molecule has 0 bridgehead atoms. The summed E-state index contributed by atoms with van der Waals surface area (Å²) >= 11 is 0. The highest BCUT2D eigenvalue weighted by Crippen LogP contribution is 2.33. The van der Waals surface area contributed by atoms with Gasteiger partial charge in [0.1, 0.15) is 0 Å². The van der Waals surface area contributed by atoms with Crippen LogP contribution in [0.3, 0.4) is 0 Å². The standard InChI is InChI=1S/C15H25N3/c1-4-16-11-13-12-17-8-5-14(13)18-9-6-15(2,3)7-10-18/h5,8,12,16H,4,6-7,9-11H2,1-3H3. The van der Waals surface area contributed by atoms with E-state index in [1.54, 1.807) is 0 Å². The summed E-state index contributed by atoms with van der Waals surface area (Å²) in [5.74, 6) is 0. The maximum Gasteiger partial charge on any atom is 0.0442 e. The fraction of sp³-hybridized carbons (Fsp3) is 0.667. The van der Waals surface area contributed by atoms with Crippen LogP contribution in [0.2, 0.25) is 0 Å². The first kappa shape index (κ1) is 13.3. The monoisotopic (exact) mass is 247 g/mol. The Balaban J connectivity index is 2.08. The molecule has 3 nitrogen and oxygen atoms in total. The summed E-state index contributed by atoms with van der Waals surface area (Å²) in [7, 11) is 0.